The molecule has 1 aromatic rings. The molecule has 1 aliphatic rings. The minimum Gasteiger partial charge on any atom is -0.495 e. The van der Waals surface area contributed by atoms with Gasteiger partial charge in [-0.1, -0.05) is 31.0 Å². The highest BCUT2D eigenvalue weighted by atomic mass is 35.5. The monoisotopic (exact) mass is 297 g/mol. The third-order valence-corrected chi connectivity index (χ3v) is 5.10. The first-order chi connectivity index (χ1) is 9.56. The van der Waals surface area contributed by atoms with Crippen molar-refractivity contribution in [1.82, 2.24) is 0 Å². The highest BCUT2D eigenvalue weighted by molar-refractivity contribution is 6.32. The van der Waals surface area contributed by atoms with Crippen LogP contribution in [0, 0.1) is 11.3 Å². The van der Waals surface area contributed by atoms with Crippen molar-refractivity contribution < 1.29 is 9.84 Å². The minimum atomic E-state index is -0.563. The molecule has 0 saturated heterocycles. The fourth-order valence-electron chi connectivity index (χ4n) is 3.37. The number of hydrogen-bond donors (Lipinski definition) is 2. The molecule has 0 aromatic heterocycles. The Labute approximate surface area is 126 Å². The largest absolute Gasteiger partial charge is 0.495 e. The van der Waals surface area contributed by atoms with Crippen LogP contribution < -0.4 is 10.5 Å². The van der Waals surface area contributed by atoms with E-state index in [1.54, 1.807) is 19.2 Å². The zero-order chi connectivity index (χ0) is 14.8. The average molecular weight is 298 g/mol. The Morgan fingerprint density at radius 3 is 2.80 bits per heavy atom. The number of ether oxygens (including phenoxy) is 1. The summed E-state index contributed by atoms with van der Waals surface area (Å²) < 4.78 is 5.15. The predicted molar refractivity (Wildman–Crippen MR) is 82.1 cm³/mol. The summed E-state index contributed by atoms with van der Waals surface area (Å²) in [6.07, 6.45) is 3.71. The SMILES string of the molecule is CCC1CCC(CN)(C(O)c2ccc(OC)c(Cl)c2)C1. The van der Waals surface area contributed by atoms with Gasteiger partial charge in [0.2, 0.25) is 0 Å². The van der Waals surface area contributed by atoms with Crippen LogP contribution in [0.25, 0.3) is 0 Å². The van der Waals surface area contributed by atoms with E-state index in [2.05, 4.69) is 6.92 Å². The Hall–Kier alpha value is -0.770. The molecule has 3 N–H and O–H groups in total. The lowest BCUT2D eigenvalue weighted by atomic mass is 9.76. The van der Waals surface area contributed by atoms with Gasteiger partial charge in [0, 0.05) is 12.0 Å². The molecule has 0 bridgehead atoms. The Bertz CT molecular complexity index is 466. The maximum absolute atomic E-state index is 10.8. The lowest BCUT2D eigenvalue weighted by Crippen LogP contribution is -2.34. The van der Waals surface area contributed by atoms with Crippen LogP contribution in [0.3, 0.4) is 0 Å². The van der Waals surface area contributed by atoms with Crippen LogP contribution in [-0.2, 0) is 0 Å². The number of hydrogen-bond acceptors (Lipinski definition) is 3. The van der Waals surface area contributed by atoms with Crippen LogP contribution in [-0.4, -0.2) is 18.8 Å². The summed E-state index contributed by atoms with van der Waals surface area (Å²) in [7, 11) is 1.58. The van der Waals surface area contributed by atoms with E-state index in [9.17, 15) is 5.11 Å². The second-order valence-electron chi connectivity index (χ2n) is 5.88. The molecule has 0 heterocycles. The van der Waals surface area contributed by atoms with Crippen molar-refractivity contribution in [2.24, 2.45) is 17.1 Å². The van der Waals surface area contributed by atoms with Gasteiger partial charge < -0.3 is 15.6 Å². The van der Waals surface area contributed by atoms with Crippen molar-refractivity contribution in [1.29, 1.82) is 0 Å². The van der Waals surface area contributed by atoms with Crippen molar-refractivity contribution >= 4 is 11.6 Å². The molecule has 20 heavy (non-hydrogen) atoms. The van der Waals surface area contributed by atoms with E-state index in [1.165, 1.54) is 0 Å². The standard InChI is InChI=1S/C16H24ClNO2/c1-3-11-6-7-16(9-11,10-18)15(19)12-4-5-14(20-2)13(17)8-12/h4-5,8,11,15,19H,3,6-7,9-10,18H2,1-2H3. The third-order valence-electron chi connectivity index (χ3n) is 4.80. The van der Waals surface area contributed by atoms with Gasteiger partial charge in [-0.15, -0.1) is 0 Å². The molecule has 4 heteroatoms. The van der Waals surface area contributed by atoms with Gasteiger partial charge in [-0.05, 0) is 42.9 Å². The average Bonchev–Trinajstić information content (AvgIpc) is 2.91. The molecule has 0 spiro atoms. The molecule has 1 aromatic carbocycles. The summed E-state index contributed by atoms with van der Waals surface area (Å²) in [5.74, 6) is 1.30. The van der Waals surface area contributed by atoms with Crippen molar-refractivity contribution in [2.45, 2.75) is 38.7 Å². The van der Waals surface area contributed by atoms with Crippen molar-refractivity contribution in [3.05, 3.63) is 28.8 Å². The Kier molecular flexibility index (Phi) is 4.95. The number of rotatable bonds is 5. The van der Waals surface area contributed by atoms with Crippen molar-refractivity contribution in [2.75, 3.05) is 13.7 Å². The number of methoxy groups -OCH3 is 1. The predicted octanol–water partition coefficient (Wildman–Crippen LogP) is 3.54. The highest BCUT2D eigenvalue weighted by Gasteiger charge is 2.43. The normalized spacial score (nSPS) is 27.6. The molecule has 1 fully saturated rings. The van der Waals surface area contributed by atoms with Gasteiger partial charge in [-0.25, -0.2) is 0 Å². The number of aliphatic hydroxyl groups excluding tert-OH is 1. The molecule has 0 aliphatic heterocycles. The van der Waals surface area contributed by atoms with Gasteiger partial charge in [0.25, 0.3) is 0 Å². The molecular formula is C16H24ClNO2. The fraction of sp³-hybridized carbons (Fsp3) is 0.625. The Balaban J connectivity index is 2.25. The molecule has 2 rings (SSSR count). The second-order valence-corrected chi connectivity index (χ2v) is 6.29. The number of halogens is 1. The smallest absolute Gasteiger partial charge is 0.137 e. The second kappa shape index (κ2) is 6.33. The Morgan fingerprint density at radius 1 is 1.55 bits per heavy atom. The van der Waals surface area contributed by atoms with Crippen LogP contribution in [0.1, 0.15) is 44.3 Å². The molecule has 112 valence electrons. The molecule has 3 unspecified atom stereocenters. The summed E-state index contributed by atoms with van der Waals surface area (Å²) in [5.41, 5.74) is 6.62. The molecule has 0 amide bonds. The van der Waals surface area contributed by atoms with E-state index >= 15 is 0 Å². The zero-order valence-electron chi connectivity index (χ0n) is 12.2. The number of nitrogens with two attached hydrogens (primary N) is 1. The maximum Gasteiger partial charge on any atom is 0.137 e. The molecular weight excluding hydrogens is 274 g/mol. The van der Waals surface area contributed by atoms with E-state index in [-0.39, 0.29) is 5.41 Å². The first kappa shape index (κ1) is 15.6. The summed E-state index contributed by atoms with van der Waals surface area (Å²) in [6.45, 7) is 2.71. The first-order valence-corrected chi connectivity index (χ1v) is 7.65. The van der Waals surface area contributed by atoms with Gasteiger partial charge in [0.05, 0.1) is 18.2 Å². The van der Waals surface area contributed by atoms with Crippen LogP contribution in [0.5, 0.6) is 5.75 Å². The van der Waals surface area contributed by atoms with Crippen molar-refractivity contribution in [3.8, 4) is 5.75 Å². The first-order valence-electron chi connectivity index (χ1n) is 7.28. The molecule has 1 aliphatic carbocycles. The van der Waals surface area contributed by atoms with Gasteiger partial charge in [0.15, 0.2) is 0 Å². The summed E-state index contributed by atoms with van der Waals surface area (Å²) in [6, 6.07) is 5.48. The molecule has 1 saturated carbocycles. The minimum absolute atomic E-state index is 0.210. The molecule has 3 atom stereocenters. The fourth-order valence-corrected chi connectivity index (χ4v) is 3.64. The van der Waals surface area contributed by atoms with E-state index in [0.717, 1.165) is 31.2 Å². The highest BCUT2D eigenvalue weighted by Crippen LogP contribution is 2.50. The van der Waals surface area contributed by atoms with Crippen LogP contribution in [0.2, 0.25) is 5.02 Å². The summed E-state index contributed by atoms with van der Waals surface area (Å²) in [5, 5.41) is 11.3. The van der Waals surface area contributed by atoms with Crippen LogP contribution in [0.15, 0.2) is 18.2 Å². The lowest BCUT2D eigenvalue weighted by molar-refractivity contribution is 0.0301. The van der Waals surface area contributed by atoms with Gasteiger partial charge in [-0.2, -0.15) is 0 Å². The Morgan fingerprint density at radius 2 is 2.30 bits per heavy atom. The van der Waals surface area contributed by atoms with E-state index in [4.69, 9.17) is 22.1 Å². The third kappa shape index (κ3) is 2.80. The molecule has 0 radical (unpaired) electrons. The summed E-state index contributed by atoms with van der Waals surface area (Å²) in [4.78, 5) is 0. The maximum atomic E-state index is 10.8. The van der Waals surface area contributed by atoms with Gasteiger partial charge in [-0.3, -0.25) is 0 Å². The van der Waals surface area contributed by atoms with E-state index in [1.807, 2.05) is 6.07 Å². The number of benzene rings is 1. The summed E-state index contributed by atoms with van der Waals surface area (Å²) >= 11 is 6.16. The quantitative estimate of drug-likeness (QED) is 0.874. The van der Waals surface area contributed by atoms with E-state index < -0.39 is 6.10 Å². The topological polar surface area (TPSA) is 55.5 Å². The van der Waals surface area contributed by atoms with Crippen LogP contribution in [0.4, 0.5) is 0 Å². The van der Waals surface area contributed by atoms with Crippen molar-refractivity contribution in [3.63, 3.8) is 0 Å². The van der Waals surface area contributed by atoms with Gasteiger partial charge >= 0.3 is 0 Å². The van der Waals surface area contributed by atoms with Crippen LogP contribution >= 0.6 is 11.6 Å². The zero-order valence-corrected chi connectivity index (χ0v) is 13.0. The number of aliphatic hydroxyl groups is 1. The van der Waals surface area contributed by atoms with Gasteiger partial charge in [0.1, 0.15) is 5.75 Å². The van der Waals surface area contributed by atoms with E-state index in [0.29, 0.717) is 23.2 Å². The molecule has 3 nitrogen and oxygen atoms in total. The lowest BCUT2D eigenvalue weighted by Gasteiger charge is -2.34.